The van der Waals surface area contributed by atoms with Crippen LogP contribution < -0.4 is 5.73 Å². The van der Waals surface area contributed by atoms with Gasteiger partial charge in [-0.05, 0) is 25.7 Å². The first kappa shape index (κ1) is 12.1. The van der Waals surface area contributed by atoms with Crippen LogP contribution in [0.15, 0.2) is 0 Å². The minimum atomic E-state index is 0.289. The molecule has 0 radical (unpaired) electrons. The third-order valence-corrected chi connectivity index (χ3v) is 5.03. The number of rotatable bonds is 4. The standard InChI is InChI=1S/C13H22N2S/c1-9(2)7-11-15-10(3)12(16-11)13(8-14)5-4-6-13/h9H,4-8,14H2,1-3H3. The molecule has 2 N–H and O–H groups in total. The number of nitrogens with zero attached hydrogens (tertiary/aromatic N) is 1. The Morgan fingerprint density at radius 2 is 2.12 bits per heavy atom. The van der Waals surface area contributed by atoms with Crippen LogP contribution in [-0.4, -0.2) is 11.5 Å². The summed E-state index contributed by atoms with van der Waals surface area (Å²) in [6.07, 6.45) is 4.95. The van der Waals surface area contributed by atoms with Gasteiger partial charge in [-0.25, -0.2) is 4.98 Å². The molecule has 1 aliphatic rings. The van der Waals surface area contributed by atoms with E-state index in [0.717, 1.165) is 13.0 Å². The molecule has 1 heterocycles. The van der Waals surface area contributed by atoms with E-state index in [2.05, 4.69) is 20.8 Å². The Kier molecular flexibility index (Phi) is 3.36. The van der Waals surface area contributed by atoms with Crippen molar-refractivity contribution in [3.05, 3.63) is 15.6 Å². The van der Waals surface area contributed by atoms with E-state index in [0.29, 0.717) is 5.92 Å². The van der Waals surface area contributed by atoms with Gasteiger partial charge in [-0.3, -0.25) is 0 Å². The molecule has 1 saturated carbocycles. The van der Waals surface area contributed by atoms with Crippen molar-refractivity contribution in [2.75, 3.05) is 6.54 Å². The Hall–Kier alpha value is -0.410. The summed E-state index contributed by atoms with van der Waals surface area (Å²) >= 11 is 1.90. The maximum absolute atomic E-state index is 5.96. The Morgan fingerprint density at radius 3 is 2.56 bits per heavy atom. The van der Waals surface area contributed by atoms with E-state index in [1.54, 1.807) is 0 Å². The summed E-state index contributed by atoms with van der Waals surface area (Å²) in [5.74, 6) is 0.689. The van der Waals surface area contributed by atoms with Gasteiger partial charge in [-0.15, -0.1) is 11.3 Å². The van der Waals surface area contributed by atoms with Crippen molar-refractivity contribution >= 4 is 11.3 Å². The van der Waals surface area contributed by atoms with Gasteiger partial charge in [0.15, 0.2) is 0 Å². The second-order valence-electron chi connectivity index (χ2n) is 5.46. The minimum Gasteiger partial charge on any atom is -0.330 e. The Labute approximate surface area is 102 Å². The minimum absolute atomic E-state index is 0.289. The summed E-state index contributed by atoms with van der Waals surface area (Å²) in [7, 11) is 0. The number of hydrogen-bond donors (Lipinski definition) is 1. The second kappa shape index (κ2) is 4.46. The van der Waals surface area contributed by atoms with Crippen LogP contribution in [0.5, 0.6) is 0 Å². The molecule has 0 atom stereocenters. The van der Waals surface area contributed by atoms with E-state index in [1.807, 2.05) is 11.3 Å². The lowest BCUT2D eigenvalue weighted by atomic mass is 9.67. The van der Waals surface area contributed by atoms with Gasteiger partial charge in [0.2, 0.25) is 0 Å². The van der Waals surface area contributed by atoms with E-state index in [9.17, 15) is 0 Å². The molecule has 16 heavy (non-hydrogen) atoms. The second-order valence-corrected chi connectivity index (χ2v) is 6.54. The molecule has 2 rings (SSSR count). The molecule has 0 aromatic carbocycles. The average Bonchev–Trinajstić information content (AvgIpc) is 2.46. The molecule has 3 heteroatoms. The van der Waals surface area contributed by atoms with E-state index in [1.165, 1.54) is 34.8 Å². The van der Waals surface area contributed by atoms with Crippen molar-refractivity contribution in [2.24, 2.45) is 11.7 Å². The average molecular weight is 238 g/mol. The summed E-state index contributed by atoms with van der Waals surface area (Å²) in [6, 6.07) is 0. The third-order valence-electron chi connectivity index (χ3n) is 3.61. The molecule has 0 aliphatic heterocycles. The SMILES string of the molecule is Cc1nc(CC(C)C)sc1C1(CN)CCC1. The molecule has 2 nitrogen and oxygen atoms in total. The first-order chi connectivity index (χ1) is 7.57. The lowest BCUT2D eigenvalue weighted by molar-refractivity contribution is 0.257. The molecular weight excluding hydrogens is 216 g/mol. The number of nitrogens with two attached hydrogens (primary N) is 1. The maximum Gasteiger partial charge on any atom is 0.0933 e. The Bertz CT molecular complexity index is 358. The highest BCUT2D eigenvalue weighted by molar-refractivity contribution is 7.12. The molecule has 1 aromatic heterocycles. The predicted molar refractivity (Wildman–Crippen MR) is 70.0 cm³/mol. The zero-order valence-electron chi connectivity index (χ0n) is 10.5. The van der Waals surface area contributed by atoms with E-state index < -0.39 is 0 Å². The molecule has 0 bridgehead atoms. The monoisotopic (exact) mass is 238 g/mol. The van der Waals surface area contributed by atoms with Crippen LogP contribution in [0, 0.1) is 12.8 Å². The van der Waals surface area contributed by atoms with E-state index in [4.69, 9.17) is 10.7 Å². The first-order valence-corrected chi connectivity index (χ1v) is 7.06. The van der Waals surface area contributed by atoms with Crippen LogP contribution in [0.3, 0.4) is 0 Å². The van der Waals surface area contributed by atoms with Crippen molar-refractivity contribution in [2.45, 2.75) is 51.9 Å². The summed E-state index contributed by atoms with van der Waals surface area (Å²) in [5.41, 5.74) is 7.48. The fraction of sp³-hybridized carbons (Fsp3) is 0.769. The molecule has 0 spiro atoms. The summed E-state index contributed by atoms with van der Waals surface area (Å²) < 4.78 is 0. The fourth-order valence-electron chi connectivity index (χ4n) is 2.51. The zero-order valence-corrected chi connectivity index (χ0v) is 11.4. The van der Waals surface area contributed by atoms with Crippen molar-refractivity contribution in [1.82, 2.24) is 4.98 Å². The normalized spacial score (nSPS) is 18.8. The van der Waals surface area contributed by atoms with Gasteiger partial charge < -0.3 is 5.73 Å². The first-order valence-electron chi connectivity index (χ1n) is 6.24. The molecular formula is C13H22N2S. The molecule has 1 aliphatic carbocycles. The quantitative estimate of drug-likeness (QED) is 0.875. The lowest BCUT2D eigenvalue weighted by Crippen LogP contribution is -2.41. The largest absolute Gasteiger partial charge is 0.330 e. The Balaban J connectivity index is 2.24. The Morgan fingerprint density at radius 1 is 1.44 bits per heavy atom. The maximum atomic E-state index is 5.96. The van der Waals surface area contributed by atoms with Crippen LogP contribution in [0.25, 0.3) is 0 Å². The van der Waals surface area contributed by atoms with Gasteiger partial charge in [0, 0.05) is 23.3 Å². The number of aromatic nitrogens is 1. The highest BCUT2D eigenvalue weighted by Crippen LogP contribution is 2.46. The third kappa shape index (κ3) is 2.03. The van der Waals surface area contributed by atoms with Gasteiger partial charge >= 0.3 is 0 Å². The van der Waals surface area contributed by atoms with Crippen LogP contribution in [0.4, 0.5) is 0 Å². The smallest absolute Gasteiger partial charge is 0.0933 e. The van der Waals surface area contributed by atoms with Crippen LogP contribution in [-0.2, 0) is 11.8 Å². The van der Waals surface area contributed by atoms with Gasteiger partial charge in [-0.2, -0.15) is 0 Å². The molecule has 0 amide bonds. The highest BCUT2D eigenvalue weighted by atomic mass is 32.1. The number of thiazole rings is 1. The summed E-state index contributed by atoms with van der Waals surface area (Å²) in [4.78, 5) is 6.18. The van der Waals surface area contributed by atoms with Crippen molar-refractivity contribution in [3.63, 3.8) is 0 Å². The topological polar surface area (TPSA) is 38.9 Å². The van der Waals surface area contributed by atoms with Crippen molar-refractivity contribution in [1.29, 1.82) is 0 Å². The molecule has 0 saturated heterocycles. The highest BCUT2D eigenvalue weighted by Gasteiger charge is 2.40. The van der Waals surface area contributed by atoms with Crippen LogP contribution in [0.1, 0.15) is 48.7 Å². The summed E-state index contributed by atoms with van der Waals surface area (Å²) in [5, 5.41) is 1.29. The van der Waals surface area contributed by atoms with Gasteiger partial charge in [-0.1, -0.05) is 20.3 Å². The molecule has 90 valence electrons. The van der Waals surface area contributed by atoms with Gasteiger partial charge in [0.05, 0.1) is 10.7 Å². The molecule has 1 fully saturated rings. The number of aryl methyl sites for hydroxylation is 1. The lowest BCUT2D eigenvalue weighted by Gasteiger charge is -2.40. The van der Waals surface area contributed by atoms with Crippen molar-refractivity contribution in [3.8, 4) is 0 Å². The van der Waals surface area contributed by atoms with Gasteiger partial charge in [0.1, 0.15) is 0 Å². The molecule has 0 unspecified atom stereocenters. The van der Waals surface area contributed by atoms with Gasteiger partial charge in [0.25, 0.3) is 0 Å². The van der Waals surface area contributed by atoms with Crippen molar-refractivity contribution < 1.29 is 0 Å². The van der Waals surface area contributed by atoms with Crippen LogP contribution in [0.2, 0.25) is 0 Å². The fourth-order valence-corrected chi connectivity index (χ4v) is 4.04. The van der Waals surface area contributed by atoms with E-state index in [-0.39, 0.29) is 5.41 Å². The zero-order chi connectivity index (χ0) is 11.8. The predicted octanol–water partition coefficient (Wildman–Crippen LogP) is 3.03. The summed E-state index contributed by atoms with van der Waals surface area (Å²) in [6.45, 7) is 7.43. The van der Waals surface area contributed by atoms with E-state index >= 15 is 0 Å². The van der Waals surface area contributed by atoms with Crippen LogP contribution >= 0.6 is 11.3 Å². The molecule has 1 aromatic rings. The number of hydrogen-bond acceptors (Lipinski definition) is 3.